The molecule has 0 unspecified atom stereocenters. The lowest BCUT2D eigenvalue weighted by Gasteiger charge is -2.08. The van der Waals surface area contributed by atoms with Crippen LogP contribution in [0.5, 0.6) is 11.5 Å². The zero-order chi connectivity index (χ0) is 17.5. The molecule has 122 valence electrons. The molecule has 0 bridgehead atoms. The van der Waals surface area contributed by atoms with Crippen molar-refractivity contribution in [2.75, 3.05) is 0 Å². The molecule has 0 fully saturated rings. The second-order valence-corrected chi connectivity index (χ2v) is 4.08. The zero-order valence-electron chi connectivity index (χ0n) is 11.6. The molecule has 0 saturated heterocycles. The molecule has 0 aliphatic carbocycles. The van der Waals surface area contributed by atoms with E-state index in [-0.39, 0.29) is 0 Å². The van der Waals surface area contributed by atoms with Crippen molar-refractivity contribution < 1.29 is 32.6 Å². The van der Waals surface area contributed by atoms with Crippen LogP contribution in [0.3, 0.4) is 0 Å². The maximum Gasteiger partial charge on any atom is 0.490 e. The van der Waals surface area contributed by atoms with Gasteiger partial charge >= 0.3 is 12.1 Å². The van der Waals surface area contributed by atoms with Gasteiger partial charge in [-0.05, 0) is 24.3 Å². The van der Waals surface area contributed by atoms with Gasteiger partial charge in [-0.2, -0.15) is 13.2 Å². The molecular formula is C15H12F3NO4. The van der Waals surface area contributed by atoms with Crippen molar-refractivity contribution in [2.24, 2.45) is 5.73 Å². The fourth-order valence-electron chi connectivity index (χ4n) is 1.37. The summed E-state index contributed by atoms with van der Waals surface area (Å²) in [5.41, 5.74) is 5.63. The van der Waals surface area contributed by atoms with Crippen LogP contribution in [-0.4, -0.2) is 23.2 Å². The number of hydrogen-bond acceptors (Lipinski definition) is 3. The Morgan fingerprint density at radius 1 is 0.957 bits per heavy atom. The Labute approximate surface area is 129 Å². The van der Waals surface area contributed by atoms with Gasteiger partial charge in [0, 0.05) is 0 Å². The Balaban J connectivity index is 0.000000322. The third kappa shape index (κ3) is 6.08. The number of carboxylic acid groups (broad SMARTS) is 1. The summed E-state index contributed by atoms with van der Waals surface area (Å²) < 4.78 is 37.3. The van der Waals surface area contributed by atoms with Crippen molar-refractivity contribution in [3.05, 3.63) is 60.2 Å². The molecule has 0 saturated carbocycles. The number of amides is 1. The Kier molecular flexibility index (Phi) is 6.13. The van der Waals surface area contributed by atoms with Crippen LogP contribution in [0.15, 0.2) is 54.6 Å². The molecule has 3 N–H and O–H groups in total. The van der Waals surface area contributed by atoms with Crippen molar-refractivity contribution in [2.45, 2.75) is 6.18 Å². The van der Waals surface area contributed by atoms with Crippen LogP contribution in [0.2, 0.25) is 0 Å². The van der Waals surface area contributed by atoms with Gasteiger partial charge in [0.2, 0.25) is 0 Å². The van der Waals surface area contributed by atoms with Crippen molar-refractivity contribution in [3.63, 3.8) is 0 Å². The average molecular weight is 327 g/mol. The molecule has 5 nitrogen and oxygen atoms in total. The van der Waals surface area contributed by atoms with E-state index in [1.54, 1.807) is 24.3 Å². The summed E-state index contributed by atoms with van der Waals surface area (Å²) in [6, 6.07) is 16.2. The first-order valence-corrected chi connectivity index (χ1v) is 6.13. The van der Waals surface area contributed by atoms with E-state index < -0.39 is 18.1 Å². The minimum Gasteiger partial charge on any atom is -0.475 e. The quantitative estimate of drug-likeness (QED) is 0.906. The van der Waals surface area contributed by atoms with Gasteiger partial charge in [-0.3, -0.25) is 4.79 Å². The number of alkyl halides is 3. The molecule has 2 aromatic rings. The van der Waals surface area contributed by atoms with Gasteiger partial charge in [0.1, 0.15) is 11.5 Å². The molecule has 23 heavy (non-hydrogen) atoms. The molecule has 0 aliphatic rings. The van der Waals surface area contributed by atoms with Crippen LogP contribution >= 0.6 is 0 Å². The number of aliphatic carboxylic acids is 1. The van der Waals surface area contributed by atoms with Crippen molar-refractivity contribution in [1.29, 1.82) is 0 Å². The summed E-state index contributed by atoms with van der Waals surface area (Å²) in [6.07, 6.45) is -5.08. The number of carboxylic acids is 1. The van der Waals surface area contributed by atoms with E-state index in [0.717, 1.165) is 0 Å². The van der Waals surface area contributed by atoms with Crippen molar-refractivity contribution in [3.8, 4) is 11.5 Å². The van der Waals surface area contributed by atoms with E-state index in [9.17, 15) is 18.0 Å². The maximum absolute atomic E-state index is 11.2. The van der Waals surface area contributed by atoms with E-state index in [1.165, 1.54) is 0 Å². The number of hydrogen-bond donors (Lipinski definition) is 2. The highest BCUT2D eigenvalue weighted by Gasteiger charge is 2.38. The van der Waals surface area contributed by atoms with E-state index in [2.05, 4.69) is 0 Å². The molecule has 0 atom stereocenters. The highest BCUT2D eigenvalue weighted by molar-refractivity contribution is 5.95. The lowest BCUT2D eigenvalue weighted by atomic mass is 10.2. The van der Waals surface area contributed by atoms with Gasteiger partial charge in [-0.15, -0.1) is 0 Å². The van der Waals surface area contributed by atoms with Crippen molar-refractivity contribution in [1.82, 2.24) is 0 Å². The lowest BCUT2D eigenvalue weighted by molar-refractivity contribution is -0.192. The number of ether oxygens (including phenoxy) is 1. The molecule has 0 aliphatic heterocycles. The molecule has 2 aromatic carbocycles. The highest BCUT2D eigenvalue weighted by atomic mass is 19.4. The van der Waals surface area contributed by atoms with Crippen molar-refractivity contribution >= 4 is 11.9 Å². The van der Waals surface area contributed by atoms with Crippen LogP contribution < -0.4 is 10.5 Å². The first-order valence-electron chi connectivity index (χ1n) is 6.13. The standard InChI is InChI=1S/C13H11NO2.C2HF3O2/c14-13(15)11-8-4-5-9-12(11)16-10-6-2-1-3-7-10;3-2(4,5)1(6)7/h1-9H,(H2,14,15);(H,6,7). The molecule has 1 amide bonds. The monoisotopic (exact) mass is 327 g/mol. The maximum atomic E-state index is 11.2. The van der Waals surface area contributed by atoms with Crippen LogP contribution in [0.4, 0.5) is 13.2 Å². The third-order valence-corrected chi connectivity index (χ3v) is 2.37. The first kappa shape index (κ1) is 18.0. The Hall–Kier alpha value is -3.03. The minimum absolute atomic E-state index is 0.381. The average Bonchev–Trinajstić information content (AvgIpc) is 2.48. The number of nitrogens with two attached hydrogens (primary N) is 1. The summed E-state index contributed by atoms with van der Waals surface area (Å²) in [6.45, 7) is 0. The second kappa shape index (κ2) is 7.83. The molecule has 0 heterocycles. The molecule has 8 heteroatoms. The van der Waals surface area contributed by atoms with E-state index in [1.807, 2.05) is 30.3 Å². The SMILES string of the molecule is NC(=O)c1ccccc1Oc1ccccc1.O=C(O)C(F)(F)F. The van der Waals surface area contributed by atoms with Gasteiger partial charge < -0.3 is 15.6 Å². The minimum atomic E-state index is -5.08. The summed E-state index contributed by atoms with van der Waals surface area (Å²) >= 11 is 0. The Morgan fingerprint density at radius 3 is 1.91 bits per heavy atom. The molecule has 0 radical (unpaired) electrons. The summed E-state index contributed by atoms with van der Waals surface area (Å²) in [4.78, 5) is 20.1. The Bertz CT molecular complexity index is 672. The fraction of sp³-hybridized carbons (Fsp3) is 0.0667. The van der Waals surface area contributed by atoms with Gasteiger partial charge in [-0.25, -0.2) is 4.79 Å². The summed E-state index contributed by atoms with van der Waals surface area (Å²) in [5, 5.41) is 7.12. The molecular weight excluding hydrogens is 315 g/mol. The smallest absolute Gasteiger partial charge is 0.475 e. The number of halogens is 3. The topological polar surface area (TPSA) is 89.6 Å². The van der Waals surface area contributed by atoms with Gasteiger partial charge in [0.05, 0.1) is 5.56 Å². The highest BCUT2D eigenvalue weighted by Crippen LogP contribution is 2.24. The predicted molar refractivity (Wildman–Crippen MR) is 75.2 cm³/mol. The van der Waals surface area contributed by atoms with Crippen LogP contribution in [0.25, 0.3) is 0 Å². The normalized spacial score (nSPS) is 10.2. The number of benzene rings is 2. The number of rotatable bonds is 3. The molecule has 0 aromatic heterocycles. The number of carbonyl (C=O) groups excluding carboxylic acids is 1. The molecule has 0 spiro atoms. The molecule has 2 rings (SSSR count). The van der Waals surface area contributed by atoms with E-state index in [4.69, 9.17) is 20.4 Å². The fourth-order valence-corrected chi connectivity index (χ4v) is 1.37. The third-order valence-electron chi connectivity index (χ3n) is 2.37. The van der Waals surface area contributed by atoms with E-state index >= 15 is 0 Å². The summed E-state index contributed by atoms with van der Waals surface area (Å²) in [5.74, 6) is -2.10. The largest absolute Gasteiger partial charge is 0.490 e. The lowest BCUT2D eigenvalue weighted by Crippen LogP contribution is -2.21. The Morgan fingerprint density at radius 2 is 1.43 bits per heavy atom. The number of para-hydroxylation sites is 2. The van der Waals surface area contributed by atoms with Crippen LogP contribution in [0.1, 0.15) is 10.4 Å². The zero-order valence-corrected chi connectivity index (χ0v) is 11.6. The first-order chi connectivity index (χ1) is 10.7. The summed E-state index contributed by atoms with van der Waals surface area (Å²) in [7, 11) is 0. The van der Waals surface area contributed by atoms with Gasteiger partial charge in [0.15, 0.2) is 0 Å². The second-order valence-electron chi connectivity index (χ2n) is 4.08. The van der Waals surface area contributed by atoms with Crippen LogP contribution in [-0.2, 0) is 4.79 Å². The number of carbonyl (C=O) groups is 2. The van der Waals surface area contributed by atoms with E-state index in [0.29, 0.717) is 17.1 Å². The van der Waals surface area contributed by atoms with Gasteiger partial charge in [-0.1, -0.05) is 30.3 Å². The predicted octanol–water partition coefficient (Wildman–Crippen LogP) is 3.21. The number of primary amides is 1. The van der Waals surface area contributed by atoms with Gasteiger partial charge in [0.25, 0.3) is 5.91 Å². The van der Waals surface area contributed by atoms with Crippen LogP contribution in [0, 0.1) is 0 Å².